The highest BCUT2D eigenvalue weighted by Gasteiger charge is 2.07. The molecule has 4 aromatic rings. The van der Waals surface area contributed by atoms with Crippen molar-refractivity contribution in [1.29, 1.82) is 0 Å². The topological polar surface area (TPSA) is 83.6 Å². The molecule has 0 aliphatic rings. The van der Waals surface area contributed by atoms with Crippen molar-refractivity contribution in [2.75, 3.05) is 20.2 Å². The Labute approximate surface area is 193 Å². The van der Waals surface area contributed by atoms with E-state index in [1.807, 2.05) is 49.4 Å². The van der Waals surface area contributed by atoms with Gasteiger partial charge in [-0.3, -0.25) is 4.99 Å². The first kappa shape index (κ1) is 22.2. The fourth-order valence-corrected chi connectivity index (χ4v) is 3.56. The van der Waals surface area contributed by atoms with Crippen molar-refractivity contribution in [3.05, 3.63) is 84.2 Å². The molecule has 0 radical (unpaired) electrons. The predicted molar refractivity (Wildman–Crippen MR) is 132 cm³/mol. The van der Waals surface area contributed by atoms with Gasteiger partial charge in [0.1, 0.15) is 0 Å². The molecule has 3 N–H and O–H groups in total. The number of aromatic amines is 1. The number of aromatic nitrogens is 2. The van der Waals surface area contributed by atoms with Crippen LogP contribution >= 0.6 is 0 Å². The molecular formula is C26H29N5O2. The van der Waals surface area contributed by atoms with E-state index in [2.05, 4.69) is 50.0 Å². The molecule has 2 aromatic carbocycles. The van der Waals surface area contributed by atoms with Gasteiger partial charge in [0.25, 0.3) is 0 Å². The average molecular weight is 444 g/mol. The number of hydrogen-bond donors (Lipinski definition) is 3. The summed E-state index contributed by atoms with van der Waals surface area (Å²) in [6.07, 6.45) is 4.77. The van der Waals surface area contributed by atoms with E-state index >= 15 is 0 Å². The van der Waals surface area contributed by atoms with E-state index in [0.717, 1.165) is 30.0 Å². The van der Waals surface area contributed by atoms with Crippen molar-refractivity contribution < 1.29 is 9.47 Å². The van der Waals surface area contributed by atoms with E-state index in [9.17, 15) is 0 Å². The molecule has 2 heterocycles. The maximum absolute atomic E-state index is 5.89. The normalized spacial score (nSPS) is 11.4. The number of H-pyrrole nitrogens is 1. The van der Waals surface area contributed by atoms with Crippen molar-refractivity contribution >= 4 is 16.9 Å². The molecule has 2 aromatic heterocycles. The maximum atomic E-state index is 5.89. The average Bonchev–Trinajstić information content (AvgIpc) is 3.27. The molecule has 0 saturated carbocycles. The van der Waals surface area contributed by atoms with Crippen molar-refractivity contribution in [2.45, 2.75) is 19.9 Å². The van der Waals surface area contributed by atoms with Gasteiger partial charge in [-0.1, -0.05) is 36.4 Å². The van der Waals surface area contributed by atoms with Gasteiger partial charge in [-0.05, 0) is 42.7 Å². The summed E-state index contributed by atoms with van der Waals surface area (Å²) in [6.45, 7) is 3.92. The van der Waals surface area contributed by atoms with E-state index < -0.39 is 0 Å². The fraction of sp³-hybridized carbons (Fsp3) is 0.231. The highest BCUT2D eigenvalue weighted by Crippen LogP contribution is 2.30. The van der Waals surface area contributed by atoms with Gasteiger partial charge in [-0.15, -0.1) is 0 Å². The van der Waals surface area contributed by atoms with E-state index in [1.54, 1.807) is 13.2 Å². The molecule has 0 amide bonds. The molecule has 7 heteroatoms. The molecule has 0 bridgehead atoms. The molecule has 4 rings (SSSR count). The summed E-state index contributed by atoms with van der Waals surface area (Å²) in [5, 5.41) is 7.96. The van der Waals surface area contributed by atoms with Crippen LogP contribution in [0, 0.1) is 0 Å². The number of pyridine rings is 1. The van der Waals surface area contributed by atoms with Crippen LogP contribution < -0.4 is 20.1 Å². The lowest BCUT2D eigenvalue weighted by Crippen LogP contribution is -2.37. The van der Waals surface area contributed by atoms with E-state index in [0.29, 0.717) is 30.5 Å². The van der Waals surface area contributed by atoms with Crippen LogP contribution in [0.15, 0.2) is 78.0 Å². The van der Waals surface area contributed by atoms with Crippen molar-refractivity contribution in [3.8, 4) is 17.4 Å². The number of nitrogens with one attached hydrogen (secondary N) is 3. The Balaban J connectivity index is 1.26. The Morgan fingerprint density at radius 3 is 2.61 bits per heavy atom. The lowest BCUT2D eigenvalue weighted by Gasteiger charge is -2.13. The van der Waals surface area contributed by atoms with E-state index in [-0.39, 0.29) is 0 Å². The number of hydrogen-bond acceptors (Lipinski definition) is 4. The summed E-state index contributed by atoms with van der Waals surface area (Å²) in [6, 6.07) is 19.8. The predicted octanol–water partition coefficient (Wildman–Crippen LogP) is 4.66. The van der Waals surface area contributed by atoms with Gasteiger partial charge in [0.15, 0.2) is 17.5 Å². The second-order valence-corrected chi connectivity index (χ2v) is 7.45. The lowest BCUT2D eigenvalue weighted by atomic mass is 10.1. The zero-order valence-corrected chi connectivity index (χ0v) is 19.0. The zero-order chi connectivity index (χ0) is 22.9. The summed E-state index contributed by atoms with van der Waals surface area (Å²) >= 11 is 0. The third-order valence-corrected chi connectivity index (χ3v) is 5.21. The molecule has 0 unspecified atom stereocenters. The van der Waals surface area contributed by atoms with Gasteiger partial charge >= 0.3 is 0 Å². The molecule has 0 spiro atoms. The van der Waals surface area contributed by atoms with Crippen molar-refractivity contribution in [1.82, 2.24) is 20.6 Å². The van der Waals surface area contributed by atoms with Crippen LogP contribution in [-0.4, -0.2) is 36.1 Å². The highest BCUT2D eigenvalue weighted by molar-refractivity contribution is 5.83. The second kappa shape index (κ2) is 11.0. The molecule has 0 atom stereocenters. The third-order valence-electron chi connectivity index (χ3n) is 5.21. The second-order valence-electron chi connectivity index (χ2n) is 7.45. The molecular weight excluding hydrogens is 414 g/mol. The van der Waals surface area contributed by atoms with Crippen LogP contribution in [0.1, 0.15) is 18.1 Å². The highest BCUT2D eigenvalue weighted by atomic mass is 16.5. The molecule has 0 saturated heterocycles. The Bertz CT molecular complexity index is 1200. The van der Waals surface area contributed by atoms with Gasteiger partial charge in [0.2, 0.25) is 5.88 Å². The molecule has 0 fully saturated rings. The van der Waals surface area contributed by atoms with Crippen LogP contribution in [0.4, 0.5) is 0 Å². The van der Waals surface area contributed by atoms with Gasteiger partial charge < -0.3 is 25.1 Å². The number of aliphatic imine (C=N–C) groups is 1. The molecule has 7 nitrogen and oxygen atoms in total. The Morgan fingerprint density at radius 2 is 1.82 bits per heavy atom. The van der Waals surface area contributed by atoms with Gasteiger partial charge in [0.05, 0.1) is 6.61 Å². The number of ether oxygens (including phenoxy) is 2. The monoisotopic (exact) mass is 443 g/mol. The standard InChI is InChI=1S/C26H29N5O2/c1-3-32-23-10-6-7-11-24(23)33-25-13-12-19(16-30-25)17-31-26(27-2)28-15-14-20-18-29-22-9-5-4-8-21(20)22/h4-13,16,18,29H,3,14-15,17H2,1-2H3,(H2,27,28,31). The van der Waals surface area contributed by atoms with Gasteiger partial charge in [-0.25, -0.2) is 4.98 Å². The minimum atomic E-state index is 0.520. The quantitative estimate of drug-likeness (QED) is 0.259. The summed E-state index contributed by atoms with van der Waals surface area (Å²) in [5.41, 5.74) is 3.48. The minimum absolute atomic E-state index is 0.520. The first-order valence-electron chi connectivity index (χ1n) is 11.1. The Hall–Kier alpha value is -4.00. The molecule has 33 heavy (non-hydrogen) atoms. The minimum Gasteiger partial charge on any atom is -0.490 e. The lowest BCUT2D eigenvalue weighted by molar-refractivity contribution is 0.319. The largest absolute Gasteiger partial charge is 0.490 e. The van der Waals surface area contributed by atoms with Gasteiger partial charge in [-0.2, -0.15) is 0 Å². The molecule has 0 aliphatic carbocycles. The van der Waals surface area contributed by atoms with Crippen LogP contribution in [0.2, 0.25) is 0 Å². The number of para-hydroxylation sites is 3. The Morgan fingerprint density at radius 1 is 1.00 bits per heavy atom. The Kier molecular flexibility index (Phi) is 7.43. The number of fused-ring (bicyclic) bond motifs is 1. The van der Waals surface area contributed by atoms with Crippen molar-refractivity contribution in [2.24, 2.45) is 4.99 Å². The smallest absolute Gasteiger partial charge is 0.219 e. The molecule has 170 valence electrons. The van der Waals surface area contributed by atoms with Crippen LogP contribution in [0.25, 0.3) is 10.9 Å². The van der Waals surface area contributed by atoms with Crippen LogP contribution in [-0.2, 0) is 13.0 Å². The SMILES string of the molecule is CCOc1ccccc1Oc1ccc(CNC(=NC)NCCc2c[nH]c3ccccc23)cn1. The third kappa shape index (κ3) is 5.83. The van der Waals surface area contributed by atoms with E-state index in [4.69, 9.17) is 9.47 Å². The zero-order valence-electron chi connectivity index (χ0n) is 19.0. The maximum Gasteiger partial charge on any atom is 0.219 e. The number of nitrogens with zero attached hydrogens (tertiary/aromatic N) is 2. The van der Waals surface area contributed by atoms with Gasteiger partial charge in [0, 0.05) is 49.5 Å². The molecule has 0 aliphatic heterocycles. The summed E-state index contributed by atoms with van der Waals surface area (Å²) < 4.78 is 11.5. The number of guanidine groups is 1. The summed E-state index contributed by atoms with van der Waals surface area (Å²) in [4.78, 5) is 12.1. The first-order chi connectivity index (χ1) is 16.3. The van der Waals surface area contributed by atoms with Crippen LogP contribution in [0.5, 0.6) is 17.4 Å². The number of rotatable bonds is 9. The fourth-order valence-electron chi connectivity index (χ4n) is 3.56. The number of benzene rings is 2. The first-order valence-corrected chi connectivity index (χ1v) is 11.1. The van der Waals surface area contributed by atoms with Crippen LogP contribution in [0.3, 0.4) is 0 Å². The summed E-state index contributed by atoms with van der Waals surface area (Å²) in [5.74, 6) is 2.63. The van der Waals surface area contributed by atoms with Crippen molar-refractivity contribution in [3.63, 3.8) is 0 Å². The van der Waals surface area contributed by atoms with E-state index in [1.165, 1.54) is 10.9 Å². The summed E-state index contributed by atoms with van der Waals surface area (Å²) in [7, 11) is 1.77.